The summed E-state index contributed by atoms with van der Waals surface area (Å²) in [6.45, 7) is 0. The molecule has 2 aromatic rings. The summed E-state index contributed by atoms with van der Waals surface area (Å²) in [6.07, 6.45) is 6.04. The molecular formula is C17H18N2O2. The van der Waals surface area contributed by atoms with Gasteiger partial charge in [0, 0.05) is 23.2 Å². The van der Waals surface area contributed by atoms with Gasteiger partial charge in [0.2, 0.25) is 0 Å². The van der Waals surface area contributed by atoms with Crippen LogP contribution in [0.3, 0.4) is 0 Å². The lowest BCUT2D eigenvalue weighted by atomic mass is 9.67. The normalized spacial score (nSPS) is 33.1. The first-order valence-corrected chi connectivity index (χ1v) is 7.98. The minimum Gasteiger partial charge on any atom is -0.344 e. The molecule has 6 rings (SSSR count). The average molecular weight is 282 g/mol. The number of H-pyrrole nitrogens is 1. The molecule has 21 heavy (non-hydrogen) atoms. The summed E-state index contributed by atoms with van der Waals surface area (Å²) >= 11 is 0. The Morgan fingerprint density at radius 3 is 2.43 bits per heavy atom. The molecule has 0 aromatic carbocycles. The van der Waals surface area contributed by atoms with Crippen molar-refractivity contribution < 1.29 is 0 Å². The topological polar surface area (TPSA) is 54.3 Å². The lowest BCUT2D eigenvalue weighted by Gasteiger charge is -2.38. The molecule has 0 saturated heterocycles. The van der Waals surface area contributed by atoms with Gasteiger partial charge >= 0.3 is 0 Å². The summed E-state index contributed by atoms with van der Waals surface area (Å²) in [6, 6.07) is 5.02. The van der Waals surface area contributed by atoms with Gasteiger partial charge in [0.05, 0.1) is 0 Å². The first-order chi connectivity index (χ1) is 10.2. The zero-order valence-corrected chi connectivity index (χ0v) is 11.8. The molecule has 108 valence electrons. The van der Waals surface area contributed by atoms with E-state index in [1.165, 1.54) is 29.7 Å². The molecular weight excluding hydrogens is 264 g/mol. The van der Waals surface area contributed by atoms with Gasteiger partial charge in [0.25, 0.3) is 11.1 Å². The third kappa shape index (κ3) is 1.50. The first-order valence-electron chi connectivity index (χ1n) is 7.98. The van der Waals surface area contributed by atoms with E-state index in [2.05, 4.69) is 4.98 Å². The molecule has 0 aliphatic heterocycles. The van der Waals surface area contributed by atoms with Crippen LogP contribution in [0.5, 0.6) is 0 Å². The van der Waals surface area contributed by atoms with Gasteiger partial charge in [-0.1, -0.05) is 6.07 Å². The fraction of sp³-hybridized carbons (Fsp3) is 0.529. The quantitative estimate of drug-likeness (QED) is 0.806. The minimum atomic E-state index is -0.222. The zero-order chi connectivity index (χ0) is 14.1. The molecule has 2 saturated carbocycles. The number of pyridine rings is 1. The van der Waals surface area contributed by atoms with E-state index in [0.717, 1.165) is 35.9 Å². The average Bonchev–Trinajstić information content (AvgIpc) is 2.61. The van der Waals surface area contributed by atoms with Crippen LogP contribution in [0.1, 0.15) is 55.2 Å². The Bertz CT molecular complexity index is 849. The van der Waals surface area contributed by atoms with Gasteiger partial charge in [0.15, 0.2) is 0 Å². The largest absolute Gasteiger partial charge is 0.344 e. The zero-order valence-electron chi connectivity index (χ0n) is 11.8. The number of aromatic amines is 1. The molecule has 2 unspecified atom stereocenters. The van der Waals surface area contributed by atoms with Crippen LogP contribution in [-0.2, 0) is 0 Å². The Balaban J connectivity index is 1.90. The van der Waals surface area contributed by atoms with E-state index in [0.29, 0.717) is 17.5 Å². The monoisotopic (exact) mass is 282 g/mol. The third-order valence-electron chi connectivity index (χ3n) is 5.90. The Kier molecular flexibility index (Phi) is 2.17. The van der Waals surface area contributed by atoms with Crippen LogP contribution < -0.4 is 11.1 Å². The number of hydrogen-bond donors (Lipinski definition) is 1. The molecule has 0 radical (unpaired) electrons. The maximum absolute atomic E-state index is 13.0. The summed E-state index contributed by atoms with van der Waals surface area (Å²) in [5.74, 6) is 2.39. The fourth-order valence-corrected chi connectivity index (χ4v) is 5.28. The van der Waals surface area contributed by atoms with Crippen LogP contribution >= 0.6 is 0 Å². The van der Waals surface area contributed by atoms with Crippen molar-refractivity contribution in [3.63, 3.8) is 0 Å². The summed E-state index contributed by atoms with van der Waals surface area (Å²) in [5, 5.41) is 0. The second-order valence-corrected chi connectivity index (χ2v) is 7.15. The van der Waals surface area contributed by atoms with E-state index >= 15 is 0 Å². The molecule has 2 aromatic heterocycles. The van der Waals surface area contributed by atoms with Crippen molar-refractivity contribution in [2.24, 2.45) is 11.8 Å². The van der Waals surface area contributed by atoms with Crippen molar-refractivity contribution in [3.05, 3.63) is 50.2 Å². The van der Waals surface area contributed by atoms with E-state index in [1.807, 2.05) is 6.07 Å². The van der Waals surface area contributed by atoms with Gasteiger partial charge in [-0.2, -0.15) is 0 Å². The van der Waals surface area contributed by atoms with Gasteiger partial charge < -0.3 is 4.98 Å². The van der Waals surface area contributed by atoms with E-state index in [9.17, 15) is 9.59 Å². The lowest BCUT2D eigenvalue weighted by molar-refractivity contribution is 0.165. The molecule has 2 heterocycles. The number of aromatic nitrogens is 2. The Morgan fingerprint density at radius 2 is 1.67 bits per heavy atom. The highest BCUT2D eigenvalue weighted by Gasteiger charge is 2.43. The maximum Gasteiger partial charge on any atom is 0.264 e. The van der Waals surface area contributed by atoms with E-state index in [4.69, 9.17) is 0 Å². The second-order valence-electron chi connectivity index (χ2n) is 7.15. The smallest absolute Gasteiger partial charge is 0.264 e. The minimum absolute atomic E-state index is 0.0671. The lowest BCUT2D eigenvalue weighted by Crippen LogP contribution is -2.32. The van der Waals surface area contributed by atoms with Crippen LogP contribution in [0.4, 0.5) is 0 Å². The van der Waals surface area contributed by atoms with Crippen LogP contribution in [0.15, 0.2) is 27.8 Å². The third-order valence-corrected chi connectivity index (χ3v) is 5.90. The SMILES string of the molecule is O=c1cccc2[nH]c3c(c(=O)n12)C1CC2CC(CC3C2)C1. The number of rotatable bonds is 0. The molecule has 1 N–H and O–H groups in total. The fourth-order valence-electron chi connectivity index (χ4n) is 5.28. The summed E-state index contributed by atoms with van der Waals surface area (Å²) in [7, 11) is 0. The second kappa shape index (κ2) is 3.87. The van der Waals surface area contributed by atoms with Crippen LogP contribution in [-0.4, -0.2) is 9.38 Å². The van der Waals surface area contributed by atoms with Gasteiger partial charge in [-0.05, 0) is 55.9 Å². The molecule has 4 heteroatoms. The van der Waals surface area contributed by atoms with Crippen LogP contribution in [0, 0.1) is 11.8 Å². The van der Waals surface area contributed by atoms with E-state index in [1.54, 1.807) is 6.07 Å². The molecule has 2 fully saturated rings. The van der Waals surface area contributed by atoms with Gasteiger partial charge in [-0.25, -0.2) is 4.40 Å². The summed E-state index contributed by atoms with van der Waals surface area (Å²) in [5.41, 5.74) is 2.42. The van der Waals surface area contributed by atoms with E-state index in [-0.39, 0.29) is 11.1 Å². The van der Waals surface area contributed by atoms with Gasteiger partial charge in [0.1, 0.15) is 5.65 Å². The van der Waals surface area contributed by atoms with Gasteiger partial charge in [-0.3, -0.25) is 9.59 Å². The predicted molar refractivity (Wildman–Crippen MR) is 79.8 cm³/mol. The summed E-state index contributed by atoms with van der Waals surface area (Å²) < 4.78 is 1.32. The van der Waals surface area contributed by atoms with Gasteiger partial charge in [-0.15, -0.1) is 0 Å². The first kappa shape index (κ1) is 11.8. The molecule has 0 amide bonds. The number of hydrogen-bond acceptors (Lipinski definition) is 2. The highest BCUT2D eigenvalue weighted by atomic mass is 16.2. The van der Waals surface area contributed by atoms with Crippen molar-refractivity contribution in [2.45, 2.75) is 43.9 Å². The van der Waals surface area contributed by atoms with Crippen molar-refractivity contribution in [1.29, 1.82) is 0 Å². The van der Waals surface area contributed by atoms with Crippen molar-refractivity contribution in [3.8, 4) is 0 Å². The van der Waals surface area contributed by atoms with Crippen LogP contribution in [0.25, 0.3) is 5.65 Å². The Labute approximate surface area is 121 Å². The molecule has 4 aliphatic carbocycles. The maximum atomic E-state index is 13.0. The van der Waals surface area contributed by atoms with Crippen molar-refractivity contribution in [1.82, 2.24) is 9.38 Å². The molecule has 4 bridgehead atoms. The molecule has 4 nitrogen and oxygen atoms in total. The van der Waals surface area contributed by atoms with Crippen LogP contribution in [0.2, 0.25) is 0 Å². The Morgan fingerprint density at radius 1 is 0.952 bits per heavy atom. The number of fused-ring (bicyclic) bond motifs is 1. The highest BCUT2D eigenvalue weighted by Crippen LogP contribution is 2.54. The molecule has 2 atom stereocenters. The highest BCUT2D eigenvalue weighted by molar-refractivity contribution is 5.43. The molecule has 4 aliphatic rings. The standard InChI is InChI=1S/C17H18N2O2/c20-14-3-1-2-13-18-16-12-7-9-4-10(8-12)6-11(5-9)15(16)17(21)19(13)14/h1-3,9-12,18H,4-8H2. The van der Waals surface area contributed by atoms with Crippen molar-refractivity contribution in [2.75, 3.05) is 0 Å². The van der Waals surface area contributed by atoms with Crippen molar-refractivity contribution >= 4 is 5.65 Å². The number of nitrogens with zero attached hydrogens (tertiary/aromatic N) is 1. The predicted octanol–water partition coefficient (Wildman–Crippen LogP) is 2.38. The Hall–Kier alpha value is -1.84. The molecule has 0 spiro atoms. The summed E-state index contributed by atoms with van der Waals surface area (Å²) in [4.78, 5) is 28.5. The number of nitrogens with one attached hydrogen (secondary N) is 1. The van der Waals surface area contributed by atoms with E-state index < -0.39 is 0 Å².